The molecule has 3 aromatic carbocycles. The predicted octanol–water partition coefficient (Wildman–Crippen LogP) is 11.0. The number of aryl methyl sites for hydroxylation is 4. The van der Waals surface area contributed by atoms with E-state index in [1.807, 2.05) is 159 Å². The third-order valence-corrected chi connectivity index (χ3v) is 23.2. The number of amides is 6. The lowest BCUT2D eigenvalue weighted by Crippen LogP contribution is -2.48. The molecule has 0 unspecified atom stereocenters. The zero-order chi connectivity index (χ0) is 72.0. The van der Waals surface area contributed by atoms with Crippen molar-refractivity contribution in [3.63, 3.8) is 0 Å². The van der Waals surface area contributed by atoms with Crippen LogP contribution in [-0.2, 0) is 71.1 Å². The second kappa shape index (κ2) is 32.3. The van der Waals surface area contributed by atoms with Crippen LogP contribution in [0.3, 0.4) is 0 Å². The summed E-state index contributed by atoms with van der Waals surface area (Å²) >= 11 is 6.17. The number of likely N-dealkylation sites (tertiary alicyclic amines) is 3. The lowest BCUT2D eigenvalue weighted by molar-refractivity contribution is -0.141. The fraction of sp³-hybridized carbons (Fsp3) is 0.440. The fourth-order valence-corrected chi connectivity index (χ4v) is 17.3. The molecule has 6 aromatic heterocycles. The molecule has 3 saturated heterocycles. The Balaban J connectivity index is 0.715. The van der Waals surface area contributed by atoms with Gasteiger partial charge in [-0.1, -0.05) is 114 Å². The highest BCUT2D eigenvalue weighted by atomic mass is 32.1. The standard InChI is InChI=1S/C75H87N13O10S4/c1-40(2)61(73(93)86-32-54(89)23-58(86)68(90)77-27-47-11-17-50(18-12-47)64-44(8)82-37-99-64)67-76-30-53(85-67)35-96-55-24-59(69(91)78-28-48-13-19-51(20-14-48)65-45(9)83-38-100-65)87(33-55)74(94)62(41(3)4)71-80-31-57(98-71)36-97-56-25-60(88(34-56)75(95)63(42(5)6)72-81-26-43(7)102-72)70(92)79-29-49-15-21-52(22-16-49)66-46(10)84-39-101-66/h11-22,26,30-31,37-42,54-56,58-63,89H,23-25,27-29,32-36H2,1-10H3,(H,76,85)(H,77,90)(H,78,91)(H,79,92)/t54-,55-,56-,58+,59+,60+,61-,62-,63-/m1/s1. The summed E-state index contributed by atoms with van der Waals surface area (Å²) in [6.07, 6.45) is 3.27. The second-order valence-corrected chi connectivity index (χ2v) is 31.6. The van der Waals surface area contributed by atoms with Gasteiger partial charge in [0.25, 0.3) is 0 Å². The Bertz CT molecular complexity index is 4400. The number of β-amino-alcohol motifs (C(OH)–C–C–N with tert-alkyl or cyclic N) is 1. The van der Waals surface area contributed by atoms with Crippen molar-refractivity contribution in [2.24, 2.45) is 17.8 Å². The average Bonchev–Trinajstić information content (AvgIpc) is 1.65. The highest BCUT2D eigenvalue weighted by molar-refractivity contribution is 7.14. The van der Waals surface area contributed by atoms with Crippen LogP contribution >= 0.6 is 45.3 Å². The molecule has 536 valence electrons. The number of hydrogen-bond donors (Lipinski definition) is 5. The summed E-state index contributed by atoms with van der Waals surface area (Å²) in [5.41, 5.74) is 14.6. The maximum absolute atomic E-state index is 15.3. The van der Waals surface area contributed by atoms with E-state index in [0.717, 1.165) is 70.0 Å². The molecule has 3 aliphatic rings. The highest BCUT2D eigenvalue weighted by Gasteiger charge is 2.47. The van der Waals surface area contributed by atoms with Crippen molar-refractivity contribution >= 4 is 80.8 Å². The topological polar surface area (TPSA) is 293 Å². The van der Waals surface area contributed by atoms with E-state index in [1.165, 1.54) is 22.4 Å². The highest BCUT2D eigenvalue weighted by Crippen LogP contribution is 2.38. The van der Waals surface area contributed by atoms with Gasteiger partial charge in [-0.15, -0.1) is 45.3 Å². The third kappa shape index (κ3) is 16.7. The van der Waals surface area contributed by atoms with E-state index in [4.69, 9.17) is 13.9 Å². The summed E-state index contributed by atoms with van der Waals surface area (Å²) in [6, 6.07) is 21.1. The van der Waals surface area contributed by atoms with Crippen LogP contribution in [0.2, 0.25) is 0 Å². The first kappa shape index (κ1) is 73.1. The predicted molar refractivity (Wildman–Crippen MR) is 391 cm³/mol. The zero-order valence-electron chi connectivity index (χ0n) is 58.9. The lowest BCUT2D eigenvalue weighted by Gasteiger charge is -2.29. The van der Waals surface area contributed by atoms with E-state index >= 15 is 4.79 Å². The van der Waals surface area contributed by atoms with Crippen LogP contribution in [0, 0.1) is 45.4 Å². The molecule has 0 aliphatic carbocycles. The molecule has 0 radical (unpaired) electrons. The number of rotatable bonds is 27. The minimum atomic E-state index is -0.951. The number of ether oxygens (including phenoxy) is 2. The smallest absolute Gasteiger partial charge is 0.243 e. The number of nitrogens with one attached hydrogen (secondary N) is 4. The van der Waals surface area contributed by atoms with Gasteiger partial charge in [0.2, 0.25) is 41.3 Å². The van der Waals surface area contributed by atoms with Gasteiger partial charge in [0.1, 0.15) is 47.2 Å². The molecule has 0 saturated carbocycles. The SMILES string of the molecule is Cc1cnc([C@H](C(=O)N2C[C@H](OCc3cnc([C@H](C(=O)N4C[C@H](OCc5cnc([C@H](C(=O)N6C[C@H](O)C[C@H]6C(=O)NCc6ccc(-c7scnc7C)cc6)C(C)C)[nH]5)C[C@H]4C(=O)NCc4ccc(-c5scnc5C)cc4)C(C)C)o3)C[C@H]2C(=O)NCc2ccc(-c3scnc3C)cc2)C(C)C)s1. The van der Waals surface area contributed by atoms with Gasteiger partial charge in [-0.3, -0.25) is 28.8 Å². The molecular formula is C75H87N13O10S4. The van der Waals surface area contributed by atoms with Crippen LogP contribution in [0.25, 0.3) is 31.3 Å². The molecule has 3 aliphatic heterocycles. The molecule has 9 aromatic rings. The maximum Gasteiger partial charge on any atom is 0.243 e. The van der Waals surface area contributed by atoms with Crippen LogP contribution in [-0.4, -0.2) is 146 Å². The van der Waals surface area contributed by atoms with Crippen molar-refractivity contribution in [3.05, 3.63) is 175 Å². The largest absolute Gasteiger partial charge is 0.442 e. The fourth-order valence-electron chi connectivity index (χ4n) is 13.8. The van der Waals surface area contributed by atoms with Crippen molar-refractivity contribution in [2.75, 3.05) is 19.6 Å². The van der Waals surface area contributed by atoms with Crippen molar-refractivity contribution in [1.82, 2.24) is 65.5 Å². The molecule has 0 bridgehead atoms. The first-order valence-electron chi connectivity index (χ1n) is 34.6. The van der Waals surface area contributed by atoms with E-state index in [1.54, 1.807) is 56.2 Å². The lowest BCUT2D eigenvalue weighted by atomic mass is 9.93. The van der Waals surface area contributed by atoms with Crippen LogP contribution in [0.4, 0.5) is 0 Å². The summed E-state index contributed by atoms with van der Waals surface area (Å²) in [5.74, 6) is -4.16. The van der Waals surface area contributed by atoms with Crippen LogP contribution in [0.15, 0.2) is 112 Å². The number of carbonyl (C=O) groups excluding carboxylic acids is 6. The summed E-state index contributed by atoms with van der Waals surface area (Å²) in [6.45, 7) is 20.2. The van der Waals surface area contributed by atoms with E-state index in [9.17, 15) is 29.1 Å². The van der Waals surface area contributed by atoms with Gasteiger partial charge in [-0.05, 0) is 78.8 Å². The molecule has 23 nitrogen and oxygen atoms in total. The monoisotopic (exact) mass is 1460 g/mol. The summed E-state index contributed by atoms with van der Waals surface area (Å²) in [5, 5.41) is 20.8. The Morgan fingerprint density at radius 2 is 0.941 bits per heavy atom. The number of H-pyrrole nitrogens is 1. The van der Waals surface area contributed by atoms with Crippen LogP contribution < -0.4 is 16.0 Å². The number of aliphatic hydroxyl groups excluding tert-OH is 1. The number of thiazole rings is 4. The summed E-state index contributed by atoms with van der Waals surface area (Å²) < 4.78 is 19.5. The molecule has 9 atom stereocenters. The van der Waals surface area contributed by atoms with Gasteiger partial charge in [0, 0.05) is 69.6 Å². The maximum atomic E-state index is 15.3. The Morgan fingerprint density at radius 3 is 1.36 bits per heavy atom. The van der Waals surface area contributed by atoms with E-state index in [-0.39, 0.29) is 131 Å². The third-order valence-electron chi connectivity index (χ3n) is 19.3. The normalized spacial score (nSPS) is 19.3. The number of hydrogen-bond acceptors (Lipinski definition) is 20. The quantitative estimate of drug-likeness (QED) is 0.0320. The molecule has 3 fully saturated rings. The molecule has 5 N–H and O–H groups in total. The van der Waals surface area contributed by atoms with E-state index in [2.05, 4.69) is 50.8 Å². The molecule has 9 heterocycles. The first-order chi connectivity index (χ1) is 49.0. The van der Waals surface area contributed by atoms with Gasteiger partial charge >= 0.3 is 0 Å². The Morgan fingerprint density at radius 1 is 0.520 bits per heavy atom. The number of imidazole rings is 1. The number of oxazole rings is 1. The van der Waals surface area contributed by atoms with Crippen LogP contribution in [0.5, 0.6) is 0 Å². The van der Waals surface area contributed by atoms with Crippen molar-refractivity contribution in [3.8, 4) is 31.3 Å². The number of benzene rings is 3. The Kier molecular flexibility index (Phi) is 23.1. The summed E-state index contributed by atoms with van der Waals surface area (Å²) in [7, 11) is 0. The molecule has 6 amide bonds. The zero-order valence-corrected chi connectivity index (χ0v) is 62.1. The molecule has 27 heteroatoms. The van der Waals surface area contributed by atoms with Crippen molar-refractivity contribution < 1.29 is 47.8 Å². The minimum Gasteiger partial charge on any atom is -0.442 e. The number of aromatic amines is 1. The molecule has 0 spiro atoms. The Labute approximate surface area is 609 Å². The number of nitrogens with zero attached hydrogens (tertiary/aromatic N) is 9. The van der Waals surface area contributed by atoms with E-state index in [0.29, 0.717) is 22.3 Å². The van der Waals surface area contributed by atoms with Crippen molar-refractivity contribution in [2.45, 2.75) is 176 Å². The van der Waals surface area contributed by atoms with Gasteiger partial charge in [0.05, 0.1) is 103 Å². The second-order valence-electron chi connectivity index (χ2n) is 27.7. The molecular weight excluding hydrogens is 1370 g/mol. The van der Waals surface area contributed by atoms with Gasteiger partial charge < -0.3 is 54.6 Å². The van der Waals surface area contributed by atoms with Gasteiger partial charge in [0.15, 0.2) is 0 Å². The average molecular weight is 1460 g/mol. The number of aromatic nitrogens is 7. The minimum absolute atomic E-state index is 0.00106. The number of carbonyl (C=O) groups is 6. The molecule has 102 heavy (non-hydrogen) atoms. The van der Waals surface area contributed by atoms with Gasteiger partial charge in [-0.25, -0.2) is 29.9 Å². The first-order valence-corrected chi connectivity index (χ1v) is 38.1. The van der Waals surface area contributed by atoms with E-state index < -0.39 is 54.2 Å². The van der Waals surface area contributed by atoms with Gasteiger partial charge in [-0.2, -0.15) is 0 Å². The summed E-state index contributed by atoms with van der Waals surface area (Å²) in [4.78, 5) is 127. The van der Waals surface area contributed by atoms with Crippen LogP contribution in [0.1, 0.15) is 145 Å². The molecule has 12 rings (SSSR count). The number of aliphatic hydroxyl groups is 1. The van der Waals surface area contributed by atoms with Crippen molar-refractivity contribution in [1.29, 1.82) is 0 Å². The Hall–Kier alpha value is -8.70.